The van der Waals surface area contributed by atoms with E-state index in [1.165, 1.54) is 19.3 Å². The second kappa shape index (κ2) is 6.83. The normalized spacial score (nSPS) is 19.9. The summed E-state index contributed by atoms with van der Waals surface area (Å²) in [6, 6.07) is 0.434. The van der Waals surface area contributed by atoms with Crippen molar-refractivity contribution in [3.63, 3.8) is 0 Å². The van der Waals surface area contributed by atoms with Crippen LogP contribution in [-0.2, 0) is 9.53 Å². The van der Waals surface area contributed by atoms with Crippen molar-refractivity contribution in [3.8, 4) is 0 Å². The van der Waals surface area contributed by atoms with Crippen molar-refractivity contribution in [1.82, 2.24) is 5.32 Å². The smallest absolute Gasteiger partial charge is 0.220 e. The predicted octanol–water partition coefficient (Wildman–Crippen LogP) is 2.25. The topological polar surface area (TPSA) is 38.3 Å². The first-order chi connectivity index (χ1) is 7.22. The van der Waals surface area contributed by atoms with E-state index >= 15 is 0 Å². The van der Waals surface area contributed by atoms with Crippen LogP contribution in [0.4, 0.5) is 0 Å². The highest BCUT2D eigenvalue weighted by Gasteiger charge is 2.15. The molecule has 0 spiro atoms. The van der Waals surface area contributed by atoms with Gasteiger partial charge in [0.2, 0.25) is 5.91 Å². The molecule has 1 N–H and O–H groups in total. The van der Waals surface area contributed by atoms with Crippen molar-refractivity contribution in [3.05, 3.63) is 0 Å². The molecule has 1 amide bonds. The van der Waals surface area contributed by atoms with E-state index in [0.717, 1.165) is 19.3 Å². The van der Waals surface area contributed by atoms with Gasteiger partial charge in [0.1, 0.15) is 0 Å². The number of rotatable bonds is 5. The van der Waals surface area contributed by atoms with E-state index in [1.54, 1.807) is 7.11 Å². The van der Waals surface area contributed by atoms with E-state index in [0.29, 0.717) is 12.5 Å². The first kappa shape index (κ1) is 12.5. The molecule has 0 saturated heterocycles. The summed E-state index contributed by atoms with van der Waals surface area (Å²) in [6.45, 7) is 1.99. The van der Waals surface area contributed by atoms with Gasteiger partial charge in [-0.25, -0.2) is 0 Å². The minimum atomic E-state index is 0.183. The van der Waals surface area contributed by atoms with E-state index in [-0.39, 0.29) is 12.0 Å². The molecule has 0 aromatic rings. The first-order valence-electron chi connectivity index (χ1n) is 6.04. The summed E-state index contributed by atoms with van der Waals surface area (Å²) < 4.78 is 5.11. The Morgan fingerprint density at radius 3 is 2.67 bits per heavy atom. The number of nitrogens with one attached hydrogen (secondary N) is 1. The average molecular weight is 213 g/mol. The van der Waals surface area contributed by atoms with E-state index in [1.807, 2.05) is 6.92 Å². The van der Waals surface area contributed by atoms with Gasteiger partial charge in [-0.05, 0) is 26.2 Å². The Kier molecular flexibility index (Phi) is 5.69. The van der Waals surface area contributed by atoms with Crippen molar-refractivity contribution < 1.29 is 9.53 Å². The van der Waals surface area contributed by atoms with Gasteiger partial charge in [-0.3, -0.25) is 4.79 Å². The summed E-state index contributed by atoms with van der Waals surface area (Å²) in [6.07, 6.45) is 7.76. The molecule has 1 fully saturated rings. The molecule has 3 heteroatoms. The van der Waals surface area contributed by atoms with Gasteiger partial charge in [-0.2, -0.15) is 0 Å². The summed E-state index contributed by atoms with van der Waals surface area (Å²) in [5, 5.41) is 3.10. The Morgan fingerprint density at radius 2 is 2.07 bits per heavy atom. The molecule has 1 aliphatic carbocycles. The molecule has 0 aromatic heterocycles. The van der Waals surface area contributed by atoms with Crippen molar-refractivity contribution >= 4 is 5.91 Å². The fraction of sp³-hybridized carbons (Fsp3) is 0.917. The zero-order valence-electron chi connectivity index (χ0n) is 9.92. The lowest BCUT2D eigenvalue weighted by Crippen LogP contribution is -2.36. The van der Waals surface area contributed by atoms with E-state index < -0.39 is 0 Å². The van der Waals surface area contributed by atoms with Gasteiger partial charge in [0.05, 0.1) is 6.10 Å². The summed E-state index contributed by atoms with van der Waals surface area (Å²) in [5.74, 6) is 0.186. The van der Waals surface area contributed by atoms with Crippen LogP contribution in [0, 0.1) is 0 Å². The van der Waals surface area contributed by atoms with Crippen LogP contribution in [0.3, 0.4) is 0 Å². The third-order valence-corrected chi connectivity index (χ3v) is 3.15. The van der Waals surface area contributed by atoms with E-state index in [2.05, 4.69) is 5.32 Å². The molecule has 1 unspecified atom stereocenters. The molecule has 3 nitrogen and oxygen atoms in total. The molecule has 0 heterocycles. The van der Waals surface area contributed by atoms with Crippen molar-refractivity contribution in [1.29, 1.82) is 0 Å². The largest absolute Gasteiger partial charge is 0.382 e. The Labute approximate surface area is 92.6 Å². The van der Waals surface area contributed by atoms with E-state index in [4.69, 9.17) is 4.74 Å². The number of ether oxygens (including phenoxy) is 1. The van der Waals surface area contributed by atoms with Crippen LogP contribution in [0.5, 0.6) is 0 Å². The molecule has 1 aliphatic rings. The number of hydrogen-bond donors (Lipinski definition) is 1. The monoisotopic (exact) mass is 213 g/mol. The predicted molar refractivity (Wildman–Crippen MR) is 60.7 cm³/mol. The molecular formula is C12H23NO2. The SMILES string of the molecule is COC(C)CCC(=O)NC1CCCCC1. The molecule has 88 valence electrons. The highest BCUT2D eigenvalue weighted by Crippen LogP contribution is 2.17. The number of carbonyl (C=O) groups excluding carboxylic acids is 1. The molecule has 1 rings (SSSR count). The van der Waals surface area contributed by atoms with Crippen LogP contribution in [0.15, 0.2) is 0 Å². The van der Waals surface area contributed by atoms with Crippen molar-refractivity contribution in [2.24, 2.45) is 0 Å². The highest BCUT2D eigenvalue weighted by atomic mass is 16.5. The van der Waals surface area contributed by atoms with Gasteiger partial charge in [0.15, 0.2) is 0 Å². The molecule has 0 aromatic carbocycles. The van der Waals surface area contributed by atoms with Crippen LogP contribution >= 0.6 is 0 Å². The van der Waals surface area contributed by atoms with Crippen LogP contribution in [0.2, 0.25) is 0 Å². The van der Waals surface area contributed by atoms with Gasteiger partial charge in [0, 0.05) is 19.6 Å². The van der Waals surface area contributed by atoms with Crippen LogP contribution in [0.25, 0.3) is 0 Å². The first-order valence-corrected chi connectivity index (χ1v) is 6.04. The number of amides is 1. The molecular weight excluding hydrogens is 190 g/mol. The van der Waals surface area contributed by atoms with Crippen LogP contribution < -0.4 is 5.32 Å². The minimum Gasteiger partial charge on any atom is -0.382 e. The van der Waals surface area contributed by atoms with Gasteiger partial charge >= 0.3 is 0 Å². The second-order valence-electron chi connectivity index (χ2n) is 4.49. The number of hydrogen-bond acceptors (Lipinski definition) is 2. The lowest BCUT2D eigenvalue weighted by atomic mass is 9.95. The summed E-state index contributed by atoms with van der Waals surface area (Å²) in [7, 11) is 1.68. The second-order valence-corrected chi connectivity index (χ2v) is 4.49. The van der Waals surface area contributed by atoms with Gasteiger partial charge in [-0.15, -0.1) is 0 Å². The van der Waals surface area contributed by atoms with E-state index in [9.17, 15) is 4.79 Å². The van der Waals surface area contributed by atoms with Crippen LogP contribution in [-0.4, -0.2) is 25.2 Å². The maximum absolute atomic E-state index is 11.6. The Morgan fingerprint density at radius 1 is 1.40 bits per heavy atom. The standard InChI is InChI=1S/C12H23NO2/c1-10(15-2)8-9-12(14)13-11-6-4-3-5-7-11/h10-11H,3-9H2,1-2H3,(H,13,14). The Balaban J connectivity index is 2.11. The van der Waals surface area contributed by atoms with Crippen molar-refractivity contribution in [2.75, 3.05) is 7.11 Å². The van der Waals surface area contributed by atoms with Crippen molar-refractivity contribution in [2.45, 2.75) is 64.0 Å². The Hall–Kier alpha value is -0.570. The molecule has 0 radical (unpaired) electrons. The molecule has 1 atom stereocenters. The fourth-order valence-corrected chi connectivity index (χ4v) is 2.00. The summed E-state index contributed by atoms with van der Waals surface area (Å²) >= 11 is 0. The quantitative estimate of drug-likeness (QED) is 0.760. The highest BCUT2D eigenvalue weighted by molar-refractivity contribution is 5.76. The lowest BCUT2D eigenvalue weighted by molar-refractivity contribution is -0.122. The fourth-order valence-electron chi connectivity index (χ4n) is 2.00. The third-order valence-electron chi connectivity index (χ3n) is 3.15. The molecule has 1 saturated carbocycles. The zero-order valence-corrected chi connectivity index (χ0v) is 9.92. The van der Waals surface area contributed by atoms with Gasteiger partial charge in [-0.1, -0.05) is 19.3 Å². The molecule has 0 bridgehead atoms. The molecule has 15 heavy (non-hydrogen) atoms. The number of methoxy groups -OCH3 is 1. The maximum Gasteiger partial charge on any atom is 0.220 e. The maximum atomic E-state index is 11.6. The summed E-state index contributed by atoms with van der Waals surface area (Å²) in [4.78, 5) is 11.6. The van der Waals surface area contributed by atoms with Crippen LogP contribution in [0.1, 0.15) is 51.9 Å². The van der Waals surface area contributed by atoms with Gasteiger partial charge in [0.25, 0.3) is 0 Å². The van der Waals surface area contributed by atoms with Gasteiger partial charge < -0.3 is 10.1 Å². The molecule has 0 aliphatic heterocycles. The Bertz CT molecular complexity index is 188. The minimum absolute atomic E-state index is 0.183. The summed E-state index contributed by atoms with van der Waals surface area (Å²) in [5.41, 5.74) is 0. The zero-order chi connectivity index (χ0) is 11.1. The third kappa shape index (κ3) is 5.17. The lowest BCUT2D eigenvalue weighted by Gasteiger charge is -2.23. The average Bonchev–Trinajstić information content (AvgIpc) is 2.27. The number of carbonyl (C=O) groups is 1.